The number of hydrogen-bond donors (Lipinski definition) is 1. The first-order chi connectivity index (χ1) is 16.3. The molecule has 0 atom stereocenters. The second-order valence-corrected chi connectivity index (χ2v) is 10.5. The van der Waals surface area contributed by atoms with E-state index in [0.29, 0.717) is 10.7 Å². The maximum absolute atomic E-state index is 13.2. The molecule has 7 heteroatoms. The van der Waals surface area contributed by atoms with Crippen LogP contribution in [0.15, 0.2) is 54.7 Å². The van der Waals surface area contributed by atoms with Crippen LogP contribution in [0.5, 0.6) is 0 Å². The van der Waals surface area contributed by atoms with E-state index in [1.165, 1.54) is 30.6 Å². The molecule has 3 aromatic rings. The molecule has 0 bridgehead atoms. The molecule has 0 unspecified atom stereocenters. The molecule has 1 fully saturated rings. The summed E-state index contributed by atoms with van der Waals surface area (Å²) >= 11 is 1.45. The molecular weight excluding hydrogens is 446 g/mol. The van der Waals surface area contributed by atoms with E-state index in [0.717, 1.165) is 34.8 Å². The third-order valence-corrected chi connectivity index (χ3v) is 6.70. The largest absolute Gasteiger partial charge is 0.444 e. The minimum absolute atomic E-state index is 0.0642. The van der Waals surface area contributed by atoms with Crippen LogP contribution in [-0.2, 0) is 11.2 Å². The van der Waals surface area contributed by atoms with Crippen LogP contribution in [0.1, 0.15) is 55.4 Å². The Morgan fingerprint density at radius 3 is 2.47 bits per heavy atom. The van der Waals surface area contributed by atoms with E-state index in [2.05, 4.69) is 15.2 Å². The second kappa shape index (κ2) is 10.4. The maximum Gasteiger partial charge on any atom is 0.412 e. The molecule has 6 nitrogen and oxygen atoms in total. The Hall–Kier alpha value is -3.19. The van der Waals surface area contributed by atoms with E-state index in [1.807, 2.05) is 75.5 Å². The minimum atomic E-state index is -0.615. The van der Waals surface area contributed by atoms with E-state index in [-0.39, 0.29) is 12.2 Å². The van der Waals surface area contributed by atoms with Crippen molar-refractivity contribution in [1.29, 1.82) is 0 Å². The van der Waals surface area contributed by atoms with Gasteiger partial charge in [-0.1, -0.05) is 47.7 Å². The first kappa shape index (κ1) is 24.0. The molecule has 4 rings (SSSR count). The van der Waals surface area contributed by atoms with Crippen molar-refractivity contribution in [3.63, 3.8) is 0 Å². The lowest BCUT2D eigenvalue weighted by molar-refractivity contribution is 0.0635. The first-order valence-corrected chi connectivity index (χ1v) is 12.5. The number of benzene rings is 2. The van der Waals surface area contributed by atoms with Crippen molar-refractivity contribution in [2.75, 3.05) is 23.3 Å². The van der Waals surface area contributed by atoms with Crippen molar-refractivity contribution < 1.29 is 14.3 Å². The fourth-order valence-electron chi connectivity index (χ4n) is 3.99. The molecule has 0 saturated carbocycles. The zero-order valence-corrected chi connectivity index (χ0v) is 20.8. The fourth-order valence-corrected chi connectivity index (χ4v) is 4.90. The smallest absolute Gasteiger partial charge is 0.412 e. The normalized spacial score (nSPS) is 14.0. The van der Waals surface area contributed by atoms with Gasteiger partial charge in [0.2, 0.25) is 0 Å². The number of nitrogens with zero attached hydrogens (tertiary/aromatic N) is 2. The second-order valence-electron chi connectivity index (χ2n) is 9.52. The molecule has 2 heterocycles. The molecule has 1 saturated heterocycles. The van der Waals surface area contributed by atoms with Crippen LogP contribution in [-0.4, -0.2) is 35.6 Å². The summed E-state index contributed by atoms with van der Waals surface area (Å²) in [5, 5.41) is 4.36. The number of thiazole rings is 1. The van der Waals surface area contributed by atoms with Gasteiger partial charge >= 0.3 is 6.09 Å². The van der Waals surface area contributed by atoms with Crippen molar-refractivity contribution in [1.82, 2.24) is 4.98 Å². The van der Waals surface area contributed by atoms with Crippen molar-refractivity contribution in [3.8, 4) is 11.1 Å². The van der Waals surface area contributed by atoms with Crippen LogP contribution < -0.4 is 10.2 Å². The number of ether oxygens (including phenoxy) is 1. The fraction of sp³-hybridized carbons (Fsp3) is 0.370. The number of ketones is 1. The standard InChI is InChI=1S/C27H31N3O3S/c1-27(2,3)33-26(32)29-22-13-12-20(19-10-6-4-7-11-19)16-21(22)17-23(31)25-28-18-24(34-25)30-14-8-5-9-15-30/h4,6-7,10-13,16,18H,5,8-9,14-15,17H2,1-3H3,(H,29,32). The lowest BCUT2D eigenvalue weighted by Gasteiger charge is -2.26. The van der Waals surface area contributed by atoms with Gasteiger partial charge in [0.25, 0.3) is 0 Å². The number of rotatable bonds is 6. The topological polar surface area (TPSA) is 71.5 Å². The van der Waals surface area contributed by atoms with Crippen LogP contribution in [0.25, 0.3) is 11.1 Å². The highest BCUT2D eigenvalue weighted by atomic mass is 32.1. The zero-order valence-electron chi connectivity index (χ0n) is 20.0. The molecule has 1 aliphatic rings. The van der Waals surface area contributed by atoms with Crippen molar-refractivity contribution in [3.05, 3.63) is 65.3 Å². The zero-order chi connectivity index (χ0) is 24.1. The highest BCUT2D eigenvalue weighted by Gasteiger charge is 2.21. The summed E-state index contributed by atoms with van der Waals surface area (Å²) in [4.78, 5) is 32.4. The third-order valence-electron chi connectivity index (χ3n) is 5.60. The number of nitrogens with one attached hydrogen (secondary N) is 1. The molecule has 1 aromatic heterocycles. The Morgan fingerprint density at radius 1 is 1.03 bits per heavy atom. The SMILES string of the molecule is CC(C)(C)OC(=O)Nc1ccc(-c2ccccc2)cc1CC(=O)c1ncc(N2CCCCC2)s1. The minimum Gasteiger partial charge on any atom is -0.444 e. The number of hydrogen-bond acceptors (Lipinski definition) is 6. The number of carbonyl (C=O) groups is 2. The molecular formula is C27H31N3O3S. The summed E-state index contributed by atoms with van der Waals surface area (Å²) in [6, 6.07) is 15.7. The van der Waals surface area contributed by atoms with Gasteiger partial charge in [0.1, 0.15) is 10.6 Å². The van der Waals surface area contributed by atoms with Gasteiger partial charge < -0.3 is 9.64 Å². The number of piperidine rings is 1. The van der Waals surface area contributed by atoms with Gasteiger partial charge in [-0.05, 0) is 68.9 Å². The van der Waals surface area contributed by atoms with Crippen LogP contribution >= 0.6 is 11.3 Å². The first-order valence-electron chi connectivity index (χ1n) is 11.7. The number of aromatic nitrogens is 1. The van der Waals surface area contributed by atoms with Crippen molar-refractivity contribution in [2.24, 2.45) is 0 Å². The van der Waals surface area contributed by atoms with Gasteiger partial charge in [-0.15, -0.1) is 0 Å². The number of Topliss-reactive ketones (excluding diaryl/α,β-unsaturated/α-hetero) is 1. The Bertz CT molecular complexity index is 1150. The van der Waals surface area contributed by atoms with Crippen molar-refractivity contribution in [2.45, 2.75) is 52.1 Å². The molecule has 0 radical (unpaired) electrons. The summed E-state index contributed by atoms with van der Waals surface area (Å²) in [5.41, 5.74) is 2.70. The molecule has 0 aliphatic carbocycles. The molecule has 1 aliphatic heterocycles. The van der Waals surface area contributed by atoms with Crippen LogP contribution in [0.3, 0.4) is 0 Å². The highest BCUT2D eigenvalue weighted by molar-refractivity contribution is 7.17. The molecule has 178 valence electrons. The van der Waals surface area contributed by atoms with Gasteiger partial charge in [-0.2, -0.15) is 0 Å². The van der Waals surface area contributed by atoms with Gasteiger partial charge in [0.05, 0.1) is 6.20 Å². The predicted octanol–water partition coefficient (Wildman–Crippen LogP) is 6.57. The molecule has 2 aromatic carbocycles. The van der Waals surface area contributed by atoms with E-state index in [9.17, 15) is 9.59 Å². The summed E-state index contributed by atoms with van der Waals surface area (Å²) < 4.78 is 5.42. The average molecular weight is 478 g/mol. The lowest BCUT2D eigenvalue weighted by atomic mass is 9.99. The summed E-state index contributed by atoms with van der Waals surface area (Å²) in [6.45, 7) is 7.48. The van der Waals surface area contributed by atoms with E-state index < -0.39 is 11.7 Å². The van der Waals surface area contributed by atoms with Gasteiger partial charge in [0.15, 0.2) is 10.8 Å². The molecule has 1 N–H and O–H groups in total. The quantitative estimate of drug-likeness (QED) is 0.406. The number of amides is 1. The van der Waals surface area contributed by atoms with E-state index in [1.54, 1.807) is 0 Å². The van der Waals surface area contributed by atoms with Crippen LogP contribution in [0.4, 0.5) is 15.5 Å². The van der Waals surface area contributed by atoms with Gasteiger partial charge in [-0.25, -0.2) is 9.78 Å². The summed E-state index contributed by atoms with van der Waals surface area (Å²) in [6.07, 6.45) is 5.00. The Morgan fingerprint density at radius 2 is 1.76 bits per heavy atom. The highest BCUT2D eigenvalue weighted by Crippen LogP contribution is 2.30. The monoisotopic (exact) mass is 477 g/mol. The average Bonchev–Trinajstić information content (AvgIpc) is 3.31. The van der Waals surface area contributed by atoms with Crippen LogP contribution in [0.2, 0.25) is 0 Å². The van der Waals surface area contributed by atoms with Crippen molar-refractivity contribution >= 4 is 33.9 Å². The van der Waals surface area contributed by atoms with Crippen LogP contribution in [0, 0.1) is 0 Å². The predicted molar refractivity (Wildman–Crippen MR) is 138 cm³/mol. The van der Waals surface area contributed by atoms with Gasteiger partial charge in [0, 0.05) is 25.2 Å². The maximum atomic E-state index is 13.2. The molecule has 1 amide bonds. The Kier molecular flexibility index (Phi) is 7.32. The number of anilines is 2. The summed E-state index contributed by atoms with van der Waals surface area (Å²) in [7, 11) is 0. The third kappa shape index (κ3) is 6.23. The molecule has 34 heavy (non-hydrogen) atoms. The Balaban J connectivity index is 1.58. The molecule has 0 spiro atoms. The number of carbonyl (C=O) groups excluding carboxylic acids is 2. The lowest BCUT2D eigenvalue weighted by Crippen LogP contribution is -2.28. The van der Waals surface area contributed by atoms with Gasteiger partial charge in [-0.3, -0.25) is 10.1 Å². The Labute approximate surface area is 205 Å². The summed E-state index contributed by atoms with van der Waals surface area (Å²) in [5.74, 6) is -0.0642. The van der Waals surface area contributed by atoms with E-state index in [4.69, 9.17) is 4.74 Å². The van der Waals surface area contributed by atoms with E-state index >= 15 is 0 Å².